The van der Waals surface area contributed by atoms with Crippen molar-refractivity contribution in [3.05, 3.63) is 29.3 Å². The molecular formula is C10H11N3. The van der Waals surface area contributed by atoms with E-state index in [-0.39, 0.29) is 6.04 Å². The Kier molecular flexibility index (Phi) is 1.91. The topological polar surface area (TPSA) is 61.8 Å². The summed E-state index contributed by atoms with van der Waals surface area (Å²) in [5.74, 6) is 0. The number of nitrogens with two attached hydrogens (primary N) is 1. The predicted octanol–water partition coefficient (Wildman–Crippen LogP) is 1.37. The zero-order chi connectivity index (χ0) is 9.26. The lowest BCUT2D eigenvalue weighted by atomic mass is 9.94. The molecule has 1 aromatic rings. The highest BCUT2D eigenvalue weighted by Crippen LogP contribution is 2.30. The fourth-order valence-electron chi connectivity index (χ4n) is 1.72. The van der Waals surface area contributed by atoms with Gasteiger partial charge in [-0.1, -0.05) is 6.07 Å². The summed E-state index contributed by atoms with van der Waals surface area (Å²) in [6.07, 6.45) is 0.895. The maximum Gasteiger partial charge on any atom is 0.0995 e. The van der Waals surface area contributed by atoms with Gasteiger partial charge in [0, 0.05) is 23.8 Å². The molecule has 0 bridgehead atoms. The highest BCUT2D eigenvalue weighted by atomic mass is 14.9. The molecular weight excluding hydrogens is 162 g/mol. The van der Waals surface area contributed by atoms with Crippen molar-refractivity contribution in [1.82, 2.24) is 0 Å². The van der Waals surface area contributed by atoms with Crippen molar-refractivity contribution >= 4 is 5.69 Å². The molecule has 0 aromatic heterocycles. The molecule has 13 heavy (non-hydrogen) atoms. The summed E-state index contributed by atoms with van der Waals surface area (Å²) in [5.41, 5.74) is 8.60. The lowest BCUT2D eigenvalue weighted by molar-refractivity contribution is 0.653. The quantitative estimate of drug-likeness (QED) is 0.623. The monoisotopic (exact) mass is 173 g/mol. The molecule has 66 valence electrons. The van der Waals surface area contributed by atoms with Gasteiger partial charge in [-0.05, 0) is 18.6 Å². The molecule has 0 saturated carbocycles. The summed E-state index contributed by atoms with van der Waals surface area (Å²) in [6.45, 7) is 0.892. The zero-order valence-corrected chi connectivity index (χ0v) is 7.25. The highest BCUT2D eigenvalue weighted by molar-refractivity contribution is 5.60. The second kappa shape index (κ2) is 3.08. The van der Waals surface area contributed by atoms with Gasteiger partial charge in [-0.15, -0.1) is 0 Å². The molecule has 3 N–H and O–H groups in total. The standard InChI is InChI=1S/C10H11N3/c11-6-7-2-1-3-9-10(7)8(12)4-5-13-9/h1-3,8,13H,4-5,12H2/t8-/m0/s1. The van der Waals surface area contributed by atoms with Gasteiger partial charge in [0.15, 0.2) is 0 Å². The number of rotatable bonds is 0. The van der Waals surface area contributed by atoms with Crippen molar-refractivity contribution in [1.29, 1.82) is 5.26 Å². The Labute approximate surface area is 77.2 Å². The van der Waals surface area contributed by atoms with Crippen molar-refractivity contribution in [2.75, 3.05) is 11.9 Å². The van der Waals surface area contributed by atoms with Crippen molar-refractivity contribution < 1.29 is 0 Å². The van der Waals surface area contributed by atoms with E-state index in [0.717, 1.165) is 24.2 Å². The van der Waals surface area contributed by atoms with Gasteiger partial charge < -0.3 is 11.1 Å². The minimum Gasteiger partial charge on any atom is -0.385 e. The minimum atomic E-state index is 0.00657. The second-order valence-corrected chi connectivity index (χ2v) is 3.20. The van der Waals surface area contributed by atoms with Crippen molar-refractivity contribution in [2.45, 2.75) is 12.5 Å². The number of hydrogen-bond donors (Lipinski definition) is 2. The Hall–Kier alpha value is -1.53. The second-order valence-electron chi connectivity index (χ2n) is 3.20. The van der Waals surface area contributed by atoms with Crippen LogP contribution in [0.25, 0.3) is 0 Å². The molecule has 0 saturated heterocycles. The van der Waals surface area contributed by atoms with E-state index in [1.807, 2.05) is 18.2 Å². The Morgan fingerprint density at radius 3 is 3.15 bits per heavy atom. The van der Waals surface area contributed by atoms with Gasteiger partial charge >= 0.3 is 0 Å². The summed E-state index contributed by atoms with van der Waals surface area (Å²) in [4.78, 5) is 0. The third kappa shape index (κ3) is 1.25. The van der Waals surface area contributed by atoms with E-state index in [9.17, 15) is 0 Å². The van der Waals surface area contributed by atoms with Gasteiger partial charge in [0.1, 0.15) is 0 Å². The van der Waals surface area contributed by atoms with Crippen LogP contribution in [0.15, 0.2) is 18.2 Å². The van der Waals surface area contributed by atoms with Gasteiger partial charge in [-0.3, -0.25) is 0 Å². The lowest BCUT2D eigenvalue weighted by Crippen LogP contribution is -2.23. The van der Waals surface area contributed by atoms with Gasteiger partial charge in [0.2, 0.25) is 0 Å². The van der Waals surface area contributed by atoms with Crippen LogP contribution in [0.3, 0.4) is 0 Å². The molecule has 1 aliphatic heterocycles. The van der Waals surface area contributed by atoms with Crippen LogP contribution in [0.5, 0.6) is 0 Å². The molecule has 0 fully saturated rings. The smallest absolute Gasteiger partial charge is 0.0995 e. The zero-order valence-electron chi connectivity index (χ0n) is 7.25. The molecule has 0 radical (unpaired) electrons. The van der Waals surface area contributed by atoms with Crippen LogP contribution in [-0.2, 0) is 0 Å². The molecule has 3 heteroatoms. The number of nitriles is 1. The largest absolute Gasteiger partial charge is 0.385 e. The van der Waals surface area contributed by atoms with E-state index in [1.165, 1.54) is 0 Å². The summed E-state index contributed by atoms with van der Waals surface area (Å²) in [6, 6.07) is 7.83. The number of benzene rings is 1. The average Bonchev–Trinajstić information content (AvgIpc) is 2.17. The third-order valence-corrected chi connectivity index (χ3v) is 2.37. The van der Waals surface area contributed by atoms with E-state index >= 15 is 0 Å². The molecule has 0 spiro atoms. The molecule has 2 rings (SSSR count). The van der Waals surface area contributed by atoms with E-state index in [1.54, 1.807) is 0 Å². The summed E-state index contributed by atoms with van der Waals surface area (Å²) in [5, 5.41) is 12.1. The fourth-order valence-corrected chi connectivity index (χ4v) is 1.72. The number of fused-ring (bicyclic) bond motifs is 1. The average molecular weight is 173 g/mol. The van der Waals surface area contributed by atoms with Crippen molar-refractivity contribution in [3.8, 4) is 6.07 Å². The normalized spacial score (nSPS) is 19.8. The molecule has 3 nitrogen and oxygen atoms in total. The van der Waals surface area contributed by atoms with E-state index in [2.05, 4.69) is 11.4 Å². The van der Waals surface area contributed by atoms with Gasteiger partial charge in [0.05, 0.1) is 11.6 Å². The Bertz CT molecular complexity index is 365. The maximum atomic E-state index is 8.88. The van der Waals surface area contributed by atoms with Crippen LogP contribution in [-0.4, -0.2) is 6.54 Å². The van der Waals surface area contributed by atoms with Crippen LogP contribution in [0, 0.1) is 11.3 Å². The first kappa shape index (κ1) is 8.09. The first-order chi connectivity index (χ1) is 6.33. The highest BCUT2D eigenvalue weighted by Gasteiger charge is 2.19. The van der Waals surface area contributed by atoms with Crippen LogP contribution in [0.4, 0.5) is 5.69 Å². The summed E-state index contributed by atoms with van der Waals surface area (Å²) < 4.78 is 0. The summed E-state index contributed by atoms with van der Waals surface area (Å²) >= 11 is 0. The minimum absolute atomic E-state index is 0.00657. The van der Waals surface area contributed by atoms with Crippen LogP contribution in [0.1, 0.15) is 23.6 Å². The van der Waals surface area contributed by atoms with Gasteiger partial charge in [0.25, 0.3) is 0 Å². The number of hydrogen-bond acceptors (Lipinski definition) is 3. The number of nitrogens with zero attached hydrogens (tertiary/aromatic N) is 1. The van der Waals surface area contributed by atoms with Gasteiger partial charge in [-0.2, -0.15) is 5.26 Å². The lowest BCUT2D eigenvalue weighted by Gasteiger charge is -2.24. The maximum absolute atomic E-state index is 8.88. The van der Waals surface area contributed by atoms with Crippen LogP contribution < -0.4 is 11.1 Å². The number of anilines is 1. The Morgan fingerprint density at radius 2 is 2.38 bits per heavy atom. The Balaban J connectivity index is 2.58. The van der Waals surface area contributed by atoms with Crippen LogP contribution >= 0.6 is 0 Å². The van der Waals surface area contributed by atoms with Crippen molar-refractivity contribution in [3.63, 3.8) is 0 Å². The number of nitrogens with one attached hydrogen (secondary N) is 1. The first-order valence-corrected chi connectivity index (χ1v) is 4.35. The third-order valence-electron chi connectivity index (χ3n) is 2.37. The van der Waals surface area contributed by atoms with E-state index in [4.69, 9.17) is 11.0 Å². The van der Waals surface area contributed by atoms with E-state index in [0.29, 0.717) is 5.56 Å². The molecule has 1 heterocycles. The fraction of sp³-hybridized carbons (Fsp3) is 0.300. The van der Waals surface area contributed by atoms with Crippen LogP contribution in [0.2, 0.25) is 0 Å². The van der Waals surface area contributed by atoms with E-state index < -0.39 is 0 Å². The van der Waals surface area contributed by atoms with Crippen molar-refractivity contribution in [2.24, 2.45) is 5.73 Å². The molecule has 1 atom stereocenters. The molecule has 0 amide bonds. The predicted molar refractivity (Wildman–Crippen MR) is 51.2 cm³/mol. The molecule has 1 aliphatic rings. The molecule has 0 unspecified atom stereocenters. The Morgan fingerprint density at radius 1 is 1.54 bits per heavy atom. The molecule has 0 aliphatic carbocycles. The SMILES string of the molecule is N#Cc1cccc2c1[C@@H](N)CCN2. The first-order valence-electron chi connectivity index (χ1n) is 4.35. The summed E-state index contributed by atoms with van der Waals surface area (Å²) in [7, 11) is 0. The molecule has 1 aromatic carbocycles. The van der Waals surface area contributed by atoms with Gasteiger partial charge in [-0.25, -0.2) is 0 Å².